The largest absolute Gasteiger partial charge is 0.270 e. The van der Waals surface area contributed by atoms with Gasteiger partial charge < -0.3 is 0 Å². The number of nitro benzene ring substituents is 1. The Kier molecular flexibility index (Phi) is 3.39. The lowest BCUT2D eigenvalue weighted by molar-refractivity contribution is -0.384. The molecule has 0 unspecified atom stereocenters. The van der Waals surface area contributed by atoms with Crippen molar-refractivity contribution in [2.45, 2.75) is 0 Å². The van der Waals surface area contributed by atoms with E-state index in [-0.39, 0.29) is 5.69 Å². The minimum atomic E-state index is -0.402. The highest BCUT2D eigenvalue weighted by molar-refractivity contribution is 5.89. The summed E-state index contributed by atoms with van der Waals surface area (Å²) >= 11 is 0. The zero-order valence-corrected chi connectivity index (χ0v) is 11.0. The normalized spacial score (nSPS) is 11.0. The molecule has 0 N–H and O–H groups in total. The molecule has 0 aliphatic heterocycles. The third-order valence-electron chi connectivity index (χ3n) is 3.11. The van der Waals surface area contributed by atoms with Gasteiger partial charge in [-0.1, -0.05) is 42.5 Å². The molecule has 1 heterocycles. The summed E-state index contributed by atoms with van der Waals surface area (Å²) in [5, 5.41) is 19.8. The first-order valence-electron chi connectivity index (χ1n) is 6.37. The molecule has 0 atom stereocenters. The summed E-state index contributed by atoms with van der Waals surface area (Å²) in [5.41, 5.74) is 2.59. The van der Waals surface area contributed by atoms with E-state index in [2.05, 4.69) is 10.2 Å². The molecule has 3 aromatic rings. The van der Waals surface area contributed by atoms with Crippen LogP contribution >= 0.6 is 0 Å². The number of hydrogen-bond donors (Lipinski definition) is 0. The Labute approximate surface area is 120 Å². The van der Waals surface area contributed by atoms with Crippen molar-refractivity contribution in [3.05, 3.63) is 76.0 Å². The molecule has 0 spiro atoms. The highest BCUT2D eigenvalue weighted by atomic mass is 16.6. The smallest absolute Gasteiger partial charge is 0.258 e. The van der Waals surface area contributed by atoms with Crippen molar-refractivity contribution >= 4 is 28.7 Å². The lowest BCUT2D eigenvalue weighted by atomic mass is 10.1. The van der Waals surface area contributed by atoms with Crippen molar-refractivity contribution in [3.8, 4) is 0 Å². The number of nitro groups is 1. The van der Waals surface area contributed by atoms with Crippen LogP contribution in [0.4, 0.5) is 5.69 Å². The molecule has 0 amide bonds. The maximum Gasteiger partial charge on any atom is 0.270 e. The van der Waals surface area contributed by atoms with E-state index in [0.717, 1.165) is 22.0 Å². The van der Waals surface area contributed by atoms with Gasteiger partial charge in [0.15, 0.2) is 0 Å². The van der Waals surface area contributed by atoms with Crippen LogP contribution in [0, 0.1) is 10.1 Å². The number of nitrogens with zero attached hydrogens (tertiary/aromatic N) is 3. The Bertz CT molecular complexity index is 838. The van der Waals surface area contributed by atoms with E-state index in [4.69, 9.17) is 0 Å². The molecule has 2 aromatic carbocycles. The molecular weight excluding hydrogens is 266 g/mol. The predicted octanol–water partition coefficient (Wildman–Crippen LogP) is 3.71. The predicted molar refractivity (Wildman–Crippen MR) is 81.6 cm³/mol. The molecule has 0 fully saturated rings. The molecule has 0 saturated heterocycles. The third kappa shape index (κ3) is 2.76. The number of fused-ring (bicyclic) bond motifs is 1. The van der Waals surface area contributed by atoms with Crippen LogP contribution in [0.25, 0.3) is 23.1 Å². The second-order valence-corrected chi connectivity index (χ2v) is 4.50. The highest BCUT2D eigenvalue weighted by Gasteiger charge is 2.04. The van der Waals surface area contributed by atoms with Crippen LogP contribution in [-0.4, -0.2) is 15.1 Å². The molecule has 0 aliphatic carbocycles. The molecule has 0 bridgehead atoms. The Balaban J connectivity index is 1.98. The molecule has 5 nitrogen and oxygen atoms in total. The molecule has 0 aliphatic rings. The molecule has 21 heavy (non-hydrogen) atoms. The van der Waals surface area contributed by atoms with Crippen molar-refractivity contribution in [1.29, 1.82) is 0 Å². The van der Waals surface area contributed by atoms with Gasteiger partial charge in [-0.3, -0.25) is 10.1 Å². The number of non-ortho nitro benzene ring substituents is 1. The second-order valence-electron chi connectivity index (χ2n) is 4.50. The monoisotopic (exact) mass is 277 g/mol. The minimum Gasteiger partial charge on any atom is -0.258 e. The molecule has 102 valence electrons. The molecule has 0 radical (unpaired) electrons. The Hall–Kier alpha value is -3.08. The van der Waals surface area contributed by atoms with E-state index in [9.17, 15) is 10.1 Å². The highest BCUT2D eigenvalue weighted by Crippen LogP contribution is 2.19. The fraction of sp³-hybridized carbons (Fsp3) is 0. The van der Waals surface area contributed by atoms with E-state index in [1.807, 2.05) is 42.5 Å². The molecule has 5 heteroatoms. The SMILES string of the molecule is O=[N+]([O-])c1cccc(C=Cc2cnnc3ccccc23)c1. The maximum atomic E-state index is 10.8. The average molecular weight is 277 g/mol. The lowest BCUT2D eigenvalue weighted by Crippen LogP contribution is -1.88. The van der Waals surface area contributed by atoms with Crippen LogP contribution in [0.1, 0.15) is 11.1 Å². The van der Waals surface area contributed by atoms with E-state index in [0.29, 0.717) is 0 Å². The average Bonchev–Trinajstić information content (AvgIpc) is 2.53. The summed E-state index contributed by atoms with van der Waals surface area (Å²) in [7, 11) is 0. The van der Waals surface area contributed by atoms with Crippen LogP contribution in [0.3, 0.4) is 0 Å². The first kappa shape index (κ1) is 12.9. The van der Waals surface area contributed by atoms with Gasteiger partial charge in [-0.05, 0) is 11.6 Å². The summed E-state index contributed by atoms with van der Waals surface area (Å²) in [6, 6.07) is 14.2. The van der Waals surface area contributed by atoms with Gasteiger partial charge in [-0.15, -0.1) is 0 Å². The molecule has 0 saturated carbocycles. The summed E-state index contributed by atoms with van der Waals surface area (Å²) in [5.74, 6) is 0. The van der Waals surface area contributed by atoms with Gasteiger partial charge in [0.1, 0.15) is 0 Å². The van der Waals surface area contributed by atoms with E-state index < -0.39 is 4.92 Å². The fourth-order valence-corrected chi connectivity index (χ4v) is 2.09. The molecular formula is C16H11N3O2. The quantitative estimate of drug-likeness (QED) is 0.540. The number of benzene rings is 2. The number of hydrogen-bond acceptors (Lipinski definition) is 4. The van der Waals surface area contributed by atoms with Crippen LogP contribution < -0.4 is 0 Å². The summed E-state index contributed by atoms with van der Waals surface area (Å²) < 4.78 is 0. The van der Waals surface area contributed by atoms with Gasteiger partial charge in [0.2, 0.25) is 0 Å². The number of aromatic nitrogens is 2. The van der Waals surface area contributed by atoms with Gasteiger partial charge in [-0.2, -0.15) is 10.2 Å². The van der Waals surface area contributed by atoms with Gasteiger partial charge in [-0.25, -0.2) is 0 Å². The fourth-order valence-electron chi connectivity index (χ4n) is 2.09. The van der Waals surface area contributed by atoms with Crippen LogP contribution in [0.5, 0.6) is 0 Å². The van der Waals surface area contributed by atoms with Crippen molar-refractivity contribution in [1.82, 2.24) is 10.2 Å². The Morgan fingerprint density at radius 3 is 2.76 bits per heavy atom. The van der Waals surface area contributed by atoms with E-state index in [1.165, 1.54) is 12.1 Å². The van der Waals surface area contributed by atoms with Crippen molar-refractivity contribution < 1.29 is 4.92 Å². The Morgan fingerprint density at radius 1 is 1.05 bits per heavy atom. The van der Waals surface area contributed by atoms with Gasteiger partial charge in [0.05, 0.1) is 16.6 Å². The lowest BCUT2D eigenvalue weighted by Gasteiger charge is -2.00. The van der Waals surface area contributed by atoms with E-state index in [1.54, 1.807) is 12.3 Å². The Morgan fingerprint density at radius 2 is 1.90 bits per heavy atom. The first-order chi connectivity index (χ1) is 10.2. The number of rotatable bonds is 3. The third-order valence-corrected chi connectivity index (χ3v) is 3.11. The zero-order valence-electron chi connectivity index (χ0n) is 11.0. The summed E-state index contributed by atoms with van der Waals surface area (Å²) in [4.78, 5) is 10.4. The first-order valence-corrected chi connectivity index (χ1v) is 6.37. The second kappa shape index (κ2) is 5.50. The van der Waals surface area contributed by atoms with Gasteiger partial charge in [0.25, 0.3) is 5.69 Å². The summed E-state index contributed by atoms with van der Waals surface area (Å²) in [6.45, 7) is 0. The van der Waals surface area contributed by atoms with Gasteiger partial charge in [0, 0.05) is 23.1 Å². The zero-order chi connectivity index (χ0) is 14.7. The minimum absolute atomic E-state index is 0.0786. The van der Waals surface area contributed by atoms with Crippen molar-refractivity contribution in [3.63, 3.8) is 0 Å². The topological polar surface area (TPSA) is 68.9 Å². The maximum absolute atomic E-state index is 10.8. The van der Waals surface area contributed by atoms with Crippen LogP contribution in [-0.2, 0) is 0 Å². The van der Waals surface area contributed by atoms with Crippen molar-refractivity contribution in [2.75, 3.05) is 0 Å². The van der Waals surface area contributed by atoms with Crippen LogP contribution in [0.15, 0.2) is 54.7 Å². The van der Waals surface area contributed by atoms with Crippen molar-refractivity contribution in [2.24, 2.45) is 0 Å². The molecule has 1 aromatic heterocycles. The van der Waals surface area contributed by atoms with Crippen LogP contribution in [0.2, 0.25) is 0 Å². The standard InChI is InChI=1S/C16H11N3O2/c20-19(21)14-5-3-4-12(10-14)8-9-13-11-17-18-16-7-2-1-6-15(13)16/h1-11H. The van der Waals surface area contributed by atoms with E-state index >= 15 is 0 Å². The van der Waals surface area contributed by atoms with Gasteiger partial charge >= 0.3 is 0 Å². The summed E-state index contributed by atoms with van der Waals surface area (Å²) in [6.07, 6.45) is 5.39. The molecule has 3 rings (SSSR count).